The van der Waals surface area contributed by atoms with Crippen LogP contribution in [0.15, 0.2) is 36.5 Å². The molecule has 1 aromatic carbocycles. The fourth-order valence-corrected chi connectivity index (χ4v) is 3.98. The molecule has 1 atom stereocenters. The molecule has 8 heteroatoms. The summed E-state index contributed by atoms with van der Waals surface area (Å²) in [6.45, 7) is 1.96. The van der Waals surface area contributed by atoms with Gasteiger partial charge in [-0.15, -0.1) is 5.10 Å². The average molecular weight is 389 g/mol. The number of benzene rings is 1. The summed E-state index contributed by atoms with van der Waals surface area (Å²) in [5.74, 6) is 2.49. The number of nitrogens with two attached hydrogens (primary N) is 2. The molecule has 4 aromatic rings. The Morgan fingerprint density at radius 3 is 2.66 bits per heavy atom. The molecule has 3 heterocycles. The molecule has 148 valence electrons. The van der Waals surface area contributed by atoms with E-state index in [1.165, 1.54) is 0 Å². The van der Waals surface area contributed by atoms with Crippen molar-refractivity contribution >= 4 is 22.5 Å². The molecular formula is C21H23N7O. The Morgan fingerprint density at radius 2 is 1.97 bits per heavy atom. The summed E-state index contributed by atoms with van der Waals surface area (Å²) < 4.78 is 7.04. The third-order valence-electron chi connectivity index (χ3n) is 5.78. The third-order valence-corrected chi connectivity index (χ3v) is 5.78. The lowest BCUT2D eigenvalue weighted by molar-refractivity contribution is 0.332. The first-order valence-corrected chi connectivity index (χ1v) is 9.75. The van der Waals surface area contributed by atoms with Crippen molar-refractivity contribution in [1.82, 2.24) is 24.6 Å². The number of nitrogens with zero attached hydrogens (tertiary/aromatic N) is 5. The number of anilines is 1. The number of rotatable bonds is 4. The van der Waals surface area contributed by atoms with Crippen molar-refractivity contribution in [2.75, 3.05) is 12.8 Å². The Kier molecular flexibility index (Phi) is 4.09. The van der Waals surface area contributed by atoms with Gasteiger partial charge in [0, 0.05) is 35.2 Å². The summed E-state index contributed by atoms with van der Waals surface area (Å²) in [4.78, 5) is 13.9. The standard InChI is InChI=1S/C21H23N7O/c1-11(22)12-6-7-16(24-10-12)13-8-14(9-13)19-26-20-15-4-3-5-17(29-2)18(15)25-21(23)28(20)27-19/h3-7,10-11,13-14H,8-9,22H2,1-2H3,(H2,23,25). The Labute approximate surface area is 167 Å². The maximum Gasteiger partial charge on any atom is 0.223 e. The van der Waals surface area contributed by atoms with E-state index in [4.69, 9.17) is 21.2 Å². The van der Waals surface area contributed by atoms with Crippen molar-refractivity contribution in [1.29, 1.82) is 0 Å². The van der Waals surface area contributed by atoms with E-state index in [0.717, 1.165) is 35.3 Å². The van der Waals surface area contributed by atoms with E-state index in [-0.39, 0.29) is 12.0 Å². The Bertz CT molecular complexity index is 1190. The minimum Gasteiger partial charge on any atom is -0.494 e. The molecule has 1 fully saturated rings. The van der Waals surface area contributed by atoms with Crippen LogP contribution in [0.25, 0.3) is 16.6 Å². The quantitative estimate of drug-likeness (QED) is 0.551. The largest absolute Gasteiger partial charge is 0.494 e. The maximum absolute atomic E-state index is 6.15. The summed E-state index contributed by atoms with van der Waals surface area (Å²) in [5, 5.41) is 5.52. The summed E-state index contributed by atoms with van der Waals surface area (Å²) in [7, 11) is 1.62. The second kappa shape index (κ2) is 6.66. The molecule has 8 nitrogen and oxygen atoms in total. The summed E-state index contributed by atoms with van der Waals surface area (Å²) in [6, 6.07) is 9.90. The molecule has 29 heavy (non-hydrogen) atoms. The monoisotopic (exact) mass is 389 g/mol. The van der Waals surface area contributed by atoms with Crippen LogP contribution in [-0.4, -0.2) is 31.7 Å². The highest BCUT2D eigenvalue weighted by Crippen LogP contribution is 2.46. The second-order valence-corrected chi connectivity index (χ2v) is 7.70. The van der Waals surface area contributed by atoms with Crippen LogP contribution in [0, 0.1) is 0 Å². The van der Waals surface area contributed by atoms with Gasteiger partial charge in [0.05, 0.1) is 7.11 Å². The molecule has 0 spiro atoms. The molecule has 0 aliphatic heterocycles. The highest BCUT2D eigenvalue weighted by Gasteiger charge is 2.35. The number of methoxy groups -OCH3 is 1. The number of fused-ring (bicyclic) bond motifs is 3. The predicted octanol–water partition coefficient (Wildman–Crippen LogP) is 2.94. The number of aromatic nitrogens is 5. The highest BCUT2D eigenvalue weighted by atomic mass is 16.5. The molecule has 0 saturated heterocycles. The van der Waals surface area contributed by atoms with Gasteiger partial charge in [-0.25, -0.2) is 9.97 Å². The first-order chi connectivity index (χ1) is 14.0. The van der Waals surface area contributed by atoms with Gasteiger partial charge < -0.3 is 16.2 Å². The number of ether oxygens (including phenoxy) is 1. The Morgan fingerprint density at radius 1 is 1.14 bits per heavy atom. The molecule has 5 rings (SSSR count). The van der Waals surface area contributed by atoms with E-state index >= 15 is 0 Å². The van der Waals surface area contributed by atoms with Crippen LogP contribution in [0.1, 0.15) is 54.7 Å². The first-order valence-electron chi connectivity index (χ1n) is 9.75. The smallest absolute Gasteiger partial charge is 0.223 e. The van der Waals surface area contributed by atoms with Crippen LogP contribution in [0.2, 0.25) is 0 Å². The lowest BCUT2D eigenvalue weighted by Gasteiger charge is -2.33. The Hall–Kier alpha value is -3.26. The normalized spacial score (nSPS) is 20.0. The van der Waals surface area contributed by atoms with Crippen molar-refractivity contribution in [3.8, 4) is 5.75 Å². The van der Waals surface area contributed by atoms with Crippen LogP contribution >= 0.6 is 0 Å². The van der Waals surface area contributed by atoms with Crippen LogP contribution in [0.4, 0.5) is 5.95 Å². The molecular weight excluding hydrogens is 366 g/mol. The molecule has 0 radical (unpaired) electrons. The van der Waals surface area contributed by atoms with E-state index in [1.807, 2.05) is 31.3 Å². The molecule has 1 saturated carbocycles. The molecule has 1 unspecified atom stereocenters. The first kappa shape index (κ1) is 17.8. The van der Waals surface area contributed by atoms with Gasteiger partial charge in [0.1, 0.15) is 11.3 Å². The molecule has 1 aliphatic rings. The molecule has 0 bridgehead atoms. The number of para-hydroxylation sites is 1. The second-order valence-electron chi connectivity index (χ2n) is 7.70. The van der Waals surface area contributed by atoms with Crippen molar-refractivity contribution in [2.24, 2.45) is 5.73 Å². The number of pyridine rings is 1. The lowest BCUT2D eigenvalue weighted by atomic mass is 9.72. The Balaban J connectivity index is 1.43. The van der Waals surface area contributed by atoms with Gasteiger partial charge in [-0.2, -0.15) is 4.52 Å². The van der Waals surface area contributed by atoms with Gasteiger partial charge in [-0.05, 0) is 43.5 Å². The van der Waals surface area contributed by atoms with E-state index in [1.54, 1.807) is 11.6 Å². The predicted molar refractivity (Wildman–Crippen MR) is 111 cm³/mol. The topological polar surface area (TPSA) is 117 Å². The fraction of sp³-hybridized carbons (Fsp3) is 0.333. The van der Waals surface area contributed by atoms with Crippen molar-refractivity contribution in [3.05, 3.63) is 53.6 Å². The van der Waals surface area contributed by atoms with E-state index in [9.17, 15) is 0 Å². The van der Waals surface area contributed by atoms with Gasteiger partial charge in [-0.1, -0.05) is 12.1 Å². The van der Waals surface area contributed by atoms with Crippen molar-refractivity contribution in [3.63, 3.8) is 0 Å². The minimum absolute atomic E-state index is 0.000349. The average Bonchev–Trinajstić information content (AvgIpc) is 3.13. The van der Waals surface area contributed by atoms with Crippen molar-refractivity contribution in [2.45, 2.75) is 37.6 Å². The van der Waals surface area contributed by atoms with Crippen LogP contribution in [0.3, 0.4) is 0 Å². The SMILES string of the molecule is COc1cccc2c1nc(N)n1nc(C3CC(c4ccc(C(C)N)cn4)C3)nc21. The highest BCUT2D eigenvalue weighted by molar-refractivity contribution is 5.95. The number of hydrogen-bond acceptors (Lipinski definition) is 7. The van der Waals surface area contributed by atoms with Crippen LogP contribution in [0.5, 0.6) is 5.75 Å². The zero-order valence-corrected chi connectivity index (χ0v) is 16.4. The van der Waals surface area contributed by atoms with Gasteiger partial charge in [0.2, 0.25) is 5.95 Å². The van der Waals surface area contributed by atoms with Gasteiger partial charge in [0.15, 0.2) is 11.5 Å². The van der Waals surface area contributed by atoms with Crippen LogP contribution < -0.4 is 16.2 Å². The van der Waals surface area contributed by atoms with Gasteiger partial charge in [0.25, 0.3) is 0 Å². The number of nitrogen functional groups attached to an aromatic ring is 1. The summed E-state index contributed by atoms with van der Waals surface area (Å²) in [6.07, 6.45) is 3.81. The maximum atomic E-state index is 6.15. The van der Waals surface area contributed by atoms with E-state index in [0.29, 0.717) is 28.8 Å². The molecule has 1 aliphatic carbocycles. The lowest BCUT2D eigenvalue weighted by Crippen LogP contribution is -2.22. The summed E-state index contributed by atoms with van der Waals surface area (Å²) >= 11 is 0. The van der Waals surface area contributed by atoms with E-state index < -0.39 is 0 Å². The molecule has 0 amide bonds. The minimum atomic E-state index is 0.000349. The zero-order chi connectivity index (χ0) is 20.1. The number of hydrogen-bond donors (Lipinski definition) is 2. The third kappa shape index (κ3) is 2.87. The van der Waals surface area contributed by atoms with Crippen molar-refractivity contribution < 1.29 is 4.74 Å². The van der Waals surface area contributed by atoms with Gasteiger partial charge >= 0.3 is 0 Å². The van der Waals surface area contributed by atoms with E-state index in [2.05, 4.69) is 27.2 Å². The summed E-state index contributed by atoms with van der Waals surface area (Å²) in [5.41, 5.74) is 15.6. The van der Waals surface area contributed by atoms with Gasteiger partial charge in [-0.3, -0.25) is 4.98 Å². The molecule has 3 aromatic heterocycles. The van der Waals surface area contributed by atoms with Crippen LogP contribution in [-0.2, 0) is 0 Å². The fourth-order valence-electron chi connectivity index (χ4n) is 3.98. The molecule has 4 N–H and O–H groups in total. The zero-order valence-electron chi connectivity index (χ0n) is 16.4.